The zero-order valence-corrected chi connectivity index (χ0v) is 14.4. The van der Waals surface area contributed by atoms with Crippen molar-refractivity contribution in [1.82, 2.24) is 15.1 Å². The van der Waals surface area contributed by atoms with Crippen LogP contribution in [-0.2, 0) is 11.2 Å². The summed E-state index contributed by atoms with van der Waals surface area (Å²) >= 11 is 1.20. The molecule has 0 bridgehead atoms. The van der Waals surface area contributed by atoms with Crippen molar-refractivity contribution in [1.29, 1.82) is 0 Å². The summed E-state index contributed by atoms with van der Waals surface area (Å²) in [5, 5.41) is 7.18. The quantitative estimate of drug-likeness (QED) is 0.660. The Morgan fingerprint density at radius 3 is 2.68 bits per heavy atom. The van der Waals surface area contributed by atoms with Crippen LogP contribution in [0.2, 0.25) is 0 Å². The van der Waals surface area contributed by atoms with Crippen molar-refractivity contribution in [2.24, 2.45) is 0 Å². The van der Waals surface area contributed by atoms with Crippen molar-refractivity contribution in [2.45, 2.75) is 11.3 Å². The van der Waals surface area contributed by atoms with Crippen LogP contribution in [0, 0.1) is 5.82 Å². The average molecular weight is 355 g/mol. The molecule has 128 valence electrons. The summed E-state index contributed by atoms with van der Waals surface area (Å²) in [6.07, 6.45) is 4.45. The van der Waals surface area contributed by atoms with Gasteiger partial charge in [-0.05, 0) is 36.2 Å². The fourth-order valence-corrected chi connectivity index (χ4v) is 3.08. The van der Waals surface area contributed by atoms with E-state index in [1.54, 1.807) is 24.4 Å². The van der Waals surface area contributed by atoms with E-state index in [0.29, 0.717) is 17.9 Å². The van der Waals surface area contributed by atoms with E-state index in [1.807, 2.05) is 41.2 Å². The number of nitrogens with zero attached hydrogens (tertiary/aromatic N) is 2. The van der Waals surface area contributed by atoms with Crippen LogP contribution in [0.4, 0.5) is 4.39 Å². The van der Waals surface area contributed by atoms with Crippen LogP contribution in [0.5, 0.6) is 0 Å². The maximum Gasteiger partial charge on any atom is 0.230 e. The van der Waals surface area contributed by atoms with Gasteiger partial charge >= 0.3 is 0 Å². The number of halogens is 1. The Kier molecular flexibility index (Phi) is 5.85. The fourth-order valence-electron chi connectivity index (χ4n) is 2.31. The molecular formula is C19H18FN3OS. The van der Waals surface area contributed by atoms with Crippen molar-refractivity contribution >= 4 is 17.7 Å². The third kappa shape index (κ3) is 4.93. The van der Waals surface area contributed by atoms with E-state index in [1.165, 1.54) is 17.8 Å². The molecular weight excluding hydrogens is 337 g/mol. The Labute approximate surface area is 150 Å². The number of benzene rings is 2. The second kappa shape index (κ2) is 8.48. The molecule has 6 heteroatoms. The summed E-state index contributed by atoms with van der Waals surface area (Å²) in [6.45, 7) is 0.525. The SMILES string of the molecule is O=C(CSc1ccccc1F)NCCc1cnn(-c2ccccc2)c1. The first-order chi connectivity index (χ1) is 12.2. The van der Waals surface area contributed by atoms with Gasteiger partial charge in [0.2, 0.25) is 5.91 Å². The predicted molar refractivity (Wildman–Crippen MR) is 97.4 cm³/mol. The molecule has 0 unspecified atom stereocenters. The van der Waals surface area contributed by atoms with E-state index in [0.717, 1.165) is 11.3 Å². The minimum absolute atomic E-state index is 0.108. The summed E-state index contributed by atoms with van der Waals surface area (Å²) < 4.78 is 15.3. The van der Waals surface area contributed by atoms with Gasteiger partial charge in [-0.3, -0.25) is 4.79 Å². The number of hydrogen-bond acceptors (Lipinski definition) is 3. The molecule has 25 heavy (non-hydrogen) atoms. The molecule has 0 fully saturated rings. The monoisotopic (exact) mass is 355 g/mol. The predicted octanol–water partition coefficient (Wildman–Crippen LogP) is 3.46. The van der Waals surface area contributed by atoms with E-state index >= 15 is 0 Å². The van der Waals surface area contributed by atoms with E-state index in [2.05, 4.69) is 10.4 Å². The first kappa shape index (κ1) is 17.2. The molecule has 0 aliphatic rings. The maximum atomic E-state index is 13.5. The molecule has 3 aromatic rings. The van der Waals surface area contributed by atoms with Gasteiger partial charge in [0, 0.05) is 17.6 Å². The Bertz CT molecular complexity index is 835. The Morgan fingerprint density at radius 2 is 1.88 bits per heavy atom. The number of carbonyl (C=O) groups excluding carboxylic acids is 1. The molecule has 2 aromatic carbocycles. The number of rotatable bonds is 7. The normalized spacial score (nSPS) is 10.6. The van der Waals surface area contributed by atoms with Crippen molar-refractivity contribution < 1.29 is 9.18 Å². The largest absolute Gasteiger partial charge is 0.355 e. The molecule has 0 aliphatic carbocycles. The number of nitrogens with one attached hydrogen (secondary N) is 1. The van der Waals surface area contributed by atoms with Gasteiger partial charge in [0.05, 0.1) is 17.6 Å². The lowest BCUT2D eigenvalue weighted by Gasteiger charge is -2.05. The lowest BCUT2D eigenvalue weighted by atomic mass is 10.2. The van der Waals surface area contributed by atoms with Crippen molar-refractivity contribution in [3.63, 3.8) is 0 Å². The van der Waals surface area contributed by atoms with E-state index in [4.69, 9.17) is 0 Å². The second-order valence-corrected chi connectivity index (χ2v) is 6.46. The van der Waals surface area contributed by atoms with Crippen LogP contribution in [-0.4, -0.2) is 28.0 Å². The Morgan fingerprint density at radius 1 is 1.12 bits per heavy atom. The zero-order chi connectivity index (χ0) is 17.5. The number of aromatic nitrogens is 2. The first-order valence-corrected chi connectivity index (χ1v) is 8.94. The van der Waals surface area contributed by atoms with Gasteiger partial charge in [0.25, 0.3) is 0 Å². The van der Waals surface area contributed by atoms with Crippen LogP contribution in [0.25, 0.3) is 5.69 Å². The van der Waals surface area contributed by atoms with Gasteiger partial charge in [-0.2, -0.15) is 5.10 Å². The summed E-state index contributed by atoms with van der Waals surface area (Å²) in [7, 11) is 0. The van der Waals surface area contributed by atoms with Crippen LogP contribution in [0.15, 0.2) is 71.9 Å². The number of hydrogen-bond donors (Lipinski definition) is 1. The third-order valence-electron chi connectivity index (χ3n) is 3.59. The molecule has 3 rings (SSSR count). The number of thioether (sulfide) groups is 1. The van der Waals surface area contributed by atoms with Gasteiger partial charge in [-0.25, -0.2) is 9.07 Å². The highest BCUT2D eigenvalue weighted by Gasteiger charge is 2.06. The highest BCUT2D eigenvalue weighted by atomic mass is 32.2. The molecule has 1 aromatic heterocycles. The van der Waals surface area contributed by atoms with Gasteiger partial charge in [-0.15, -0.1) is 11.8 Å². The lowest BCUT2D eigenvalue weighted by molar-refractivity contribution is -0.118. The topological polar surface area (TPSA) is 46.9 Å². The summed E-state index contributed by atoms with van der Waals surface area (Å²) in [5.41, 5.74) is 2.05. The number of amides is 1. The van der Waals surface area contributed by atoms with Crippen LogP contribution >= 0.6 is 11.8 Å². The standard InChI is InChI=1S/C19H18FN3OS/c20-17-8-4-5-9-18(17)25-14-19(24)21-11-10-15-12-22-23(13-15)16-6-2-1-3-7-16/h1-9,12-13H,10-11,14H2,(H,21,24). The van der Waals surface area contributed by atoms with Gasteiger partial charge in [-0.1, -0.05) is 30.3 Å². The Balaban J connectivity index is 1.43. The molecule has 0 aliphatic heterocycles. The van der Waals surface area contributed by atoms with Crippen LogP contribution in [0.3, 0.4) is 0 Å². The van der Waals surface area contributed by atoms with E-state index < -0.39 is 0 Å². The van der Waals surface area contributed by atoms with Gasteiger partial charge < -0.3 is 5.32 Å². The molecule has 0 saturated heterocycles. The summed E-state index contributed by atoms with van der Waals surface area (Å²) in [6, 6.07) is 16.3. The van der Waals surface area contributed by atoms with Crippen LogP contribution < -0.4 is 5.32 Å². The molecule has 0 atom stereocenters. The fraction of sp³-hybridized carbons (Fsp3) is 0.158. The van der Waals surface area contributed by atoms with E-state index in [9.17, 15) is 9.18 Å². The maximum absolute atomic E-state index is 13.5. The second-order valence-electron chi connectivity index (χ2n) is 5.45. The molecule has 1 N–H and O–H groups in total. The smallest absolute Gasteiger partial charge is 0.230 e. The molecule has 0 saturated carbocycles. The van der Waals surface area contributed by atoms with Crippen molar-refractivity contribution in [3.05, 3.63) is 78.4 Å². The van der Waals surface area contributed by atoms with Crippen molar-refractivity contribution in [2.75, 3.05) is 12.3 Å². The zero-order valence-electron chi connectivity index (χ0n) is 13.6. The Hall–Kier alpha value is -2.60. The molecule has 4 nitrogen and oxygen atoms in total. The van der Waals surface area contributed by atoms with Crippen LogP contribution in [0.1, 0.15) is 5.56 Å². The first-order valence-electron chi connectivity index (χ1n) is 7.95. The summed E-state index contributed by atoms with van der Waals surface area (Å²) in [5.74, 6) is -0.207. The minimum Gasteiger partial charge on any atom is -0.355 e. The van der Waals surface area contributed by atoms with Gasteiger partial charge in [0.15, 0.2) is 0 Å². The highest BCUT2D eigenvalue weighted by molar-refractivity contribution is 8.00. The third-order valence-corrected chi connectivity index (χ3v) is 4.64. The highest BCUT2D eigenvalue weighted by Crippen LogP contribution is 2.20. The minimum atomic E-state index is -0.298. The number of carbonyl (C=O) groups is 1. The summed E-state index contributed by atoms with van der Waals surface area (Å²) in [4.78, 5) is 12.4. The lowest BCUT2D eigenvalue weighted by Crippen LogP contribution is -2.27. The molecule has 1 heterocycles. The molecule has 0 radical (unpaired) electrons. The van der Waals surface area contributed by atoms with Gasteiger partial charge in [0.1, 0.15) is 5.82 Å². The van der Waals surface area contributed by atoms with Crippen molar-refractivity contribution in [3.8, 4) is 5.69 Å². The average Bonchev–Trinajstić information content (AvgIpc) is 3.11. The van der Waals surface area contributed by atoms with E-state index in [-0.39, 0.29) is 17.5 Å². The molecule has 0 spiro atoms. The molecule has 1 amide bonds. The number of para-hydroxylation sites is 1.